The van der Waals surface area contributed by atoms with Crippen molar-refractivity contribution in [3.05, 3.63) is 95.6 Å². The van der Waals surface area contributed by atoms with E-state index in [9.17, 15) is 14.4 Å². The van der Waals surface area contributed by atoms with Crippen LogP contribution in [0.5, 0.6) is 5.75 Å². The van der Waals surface area contributed by atoms with E-state index in [-0.39, 0.29) is 16.9 Å². The van der Waals surface area contributed by atoms with Crippen molar-refractivity contribution in [1.29, 1.82) is 0 Å². The number of amides is 1. The van der Waals surface area contributed by atoms with Gasteiger partial charge in [-0.3, -0.25) is 9.59 Å². The summed E-state index contributed by atoms with van der Waals surface area (Å²) >= 11 is 0. The molecule has 1 N–H and O–H groups in total. The number of esters is 1. The highest BCUT2D eigenvalue weighted by Gasteiger charge is 2.23. The third kappa shape index (κ3) is 4.91. The summed E-state index contributed by atoms with van der Waals surface area (Å²) in [4.78, 5) is 37.9. The molecule has 0 aliphatic rings. The lowest BCUT2D eigenvalue weighted by Crippen LogP contribution is -2.30. The maximum atomic E-state index is 12.8. The Balaban J connectivity index is 1.71. The van der Waals surface area contributed by atoms with E-state index in [1.54, 1.807) is 79.9 Å². The van der Waals surface area contributed by atoms with Gasteiger partial charge in [0.15, 0.2) is 11.9 Å². The average Bonchev–Trinajstić information content (AvgIpc) is 2.79. The number of anilines is 1. The first-order valence-corrected chi connectivity index (χ1v) is 9.34. The van der Waals surface area contributed by atoms with Gasteiger partial charge < -0.3 is 14.8 Å². The van der Waals surface area contributed by atoms with Crippen LogP contribution in [0.3, 0.4) is 0 Å². The molecular formula is C24H21NO5. The Kier molecular flexibility index (Phi) is 6.60. The fourth-order valence-electron chi connectivity index (χ4n) is 2.80. The smallest absolute Gasteiger partial charge is 0.339 e. The molecule has 0 spiro atoms. The number of ether oxygens (including phenoxy) is 2. The first-order valence-electron chi connectivity index (χ1n) is 9.34. The second-order valence-corrected chi connectivity index (χ2v) is 6.51. The molecule has 6 nitrogen and oxygen atoms in total. The highest BCUT2D eigenvalue weighted by molar-refractivity contribution is 6.14. The number of methoxy groups -OCH3 is 1. The topological polar surface area (TPSA) is 81.7 Å². The van der Waals surface area contributed by atoms with Crippen LogP contribution in [0.25, 0.3) is 0 Å². The average molecular weight is 403 g/mol. The van der Waals surface area contributed by atoms with Gasteiger partial charge in [0.05, 0.1) is 12.7 Å². The van der Waals surface area contributed by atoms with Gasteiger partial charge >= 0.3 is 5.97 Å². The molecular weight excluding hydrogens is 382 g/mol. The highest BCUT2D eigenvalue weighted by Crippen LogP contribution is 2.18. The lowest BCUT2D eigenvalue weighted by Gasteiger charge is -2.15. The highest BCUT2D eigenvalue weighted by atomic mass is 16.5. The molecule has 0 unspecified atom stereocenters. The van der Waals surface area contributed by atoms with Crippen LogP contribution in [0.15, 0.2) is 78.9 Å². The zero-order chi connectivity index (χ0) is 21.5. The molecule has 0 fully saturated rings. The van der Waals surface area contributed by atoms with E-state index in [0.29, 0.717) is 17.0 Å². The zero-order valence-electron chi connectivity index (χ0n) is 16.6. The number of hydrogen-bond donors (Lipinski definition) is 1. The minimum Gasteiger partial charge on any atom is -0.497 e. The van der Waals surface area contributed by atoms with Crippen molar-refractivity contribution in [3.63, 3.8) is 0 Å². The third-order valence-electron chi connectivity index (χ3n) is 4.44. The van der Waals surface area contributed by atoms with E-state index in [0.717, 1.165) is 0 Å². The number of benzene rings is 3. The molecule has 152 valence electrons. The van der Waals surface area contributed by atoms with Gasteiger partial charge in [0.2, 0.25) is 0 Å². The Morgan fingerprint density at radius 1 is 0.800 bits per heavy atom. The lowest BCUT2D eigenvalue weighted by molar-refractivity contribution is -0.123. The van der Waals surface area contributed by atoms with Crippen LogP contribution in [-0.4, -0.2) is 30.9 Å². The predicted molar refractivity (Wildman–Crippen MR) is 113 cm³/mol. The quantitative estimate of drug-likeness (QED) is 0.474. The van der Waals surface area contributed by atoms with Crippen LogP contribution >= 0.6 is 0 Å². The van der Waals surface area contributed by atoms with E-state index in [4.69, 9.17) is 9.47 Å². The summed E-state index contributed by atoms with van der Waals surface area (Å²) in [5.74, 6) is -0.863. The largest absolute Gasteiger partial charge is 0.497 e. The molecule has 0 aromatic heterocycles. The molecule has 0 heterocycles. The molecule has 1 amide bonds. The Labute approximate surface area is 174 Å². The molecule has 0 aliphatic carbocycles. The van der Waals surface area contributed by atoms with Crippen molar-refractivity contribution in [2.24, 2.45) is 0 Å². The number of carbonyl (C=O) groups excluding carboxylic acids is 3. The van der Waals surface area contributed by atoms with E-state index in [2.05, 4.69) is 5.32 Å². The molecule has 3 aromatic rings. The first-order chi connectivity index (χ1) is 14.5. The van der Waals surface area contributed by atoms with Gasteiger partial charge in [-0.15, -0.1) is 0 Å². The standard InChI is InChI=1S/C24H21NO5/c1-16(23(27)25-18-12-14-19(29-2)15-13-18)30-24(28)21-11-7-6-10-20(21)22(26)17-8-4-3-5-9-17/h3-16H,1-2H3,(H,25,27)/t16-/m0/s1. The summed E-state index contributed by atoms with van der Waals surface area (Å²) in [7, 11) is 1.55. The summed E-state index contributed by atoms with van der Waals surface area (Å²) < 4.78 is 10.4. The van der Waals surface area contributed by atoms with Crippen molar-refractivity contribution < 1.29 is 23.9 Å². The van der Waals surface area contributed by atoms with Crippen LogP contribution in [-0.2, 0) is 9.53 Å². The molecule has 3 rings (SSSR count). The van der Waals surface area contributed by atoms with E-state index < -0.39 is 18.0 Å². The summed E-state index contributed by atoms with van der Waals surface area (Å²) in [5.41, 5.74) is 1.33. The van der Waals surface area contributed by atoms with Crippen molar-refractivity contribution in [2.45, 2.75) is 13.0 Å². The first kappa shape index (κ1) is 20.8. The predicted octanol–water partition coefficient (Wildman–Crippen LogP) is 4.11. The van der Waals surface area contributed by atoms with Crippen LogP contribution in [0.2, 0.25) is 0 Å². The van der Waals surface area contributed by atoms with Gasteiger partial charge in [0.25, 0.3) is 5.91 Å². The van der Waals surface area contributed by atoms with E-state index in [1.807, 2.05) is 0 Å². The Morgan fingerprint density at radius 2 is 1.40 bits per heavy atom. The molecule has 0 saturated heterocycles. The number of rotatable bonds is 7. The Hall–Kier alpha value is -3.93. The SMILES string of the molecule is COc1ccc(NC(=O)[C@H](C)OC(=O)c2ccccc2C(=O)c2ccccc2)cc1. The molecule has 0 saturated carbocycles. The summed E-state index contributed by atoms with van der Waals surface area (Å²) in [6, 6.07) is 21.8. The fourth-order valence-corrected chi connectivity index (χ4v) is 2.80. The van der Waals surface area contributed by atoms with Crippen LogP contribution in [0.1, 0.15) is 33.2 Å². The minimum absolute atomic E-state index is 0.107. The van der Waals surface area contributed by atoms with Gasteiger partial charge in [-0.2, -0.15) is 0 Å². The number of ketones is 1. The molecule has 1 atom stereocenters. The molecule has 30 heavy (non-hydrogen) atoms. The Bertz CT molecular complexity index is 1040. The third-order valence-corrected chi connectivity index (χ3v) is 4.44. The molecule has 0 bridgehead atoms. The summed E-state index contributed by atoms with van der Waals surface area (Å²) in [6.07, 6.45) is -1.06. The number of hydrogen-bond acceptors (Lipinski definition) is 5. The van der Waals surface area contributed by atoms with Gasteiger partial charge in [0, 0.05) is 16.8 Å². The van der Waals surface area contributed by atoms with Crippen molar-refractivity contribution >= 4 is 23.3 Å². The fraction of sp³-hybridized carbons (Fsp3) is 0.125. The molecule has 0 radical (unpaired) electrons. The molecule has 0 aliphatic heterocycles. The Morgan fingerprint density at radius 3 is 2.03 bits per heavy atom. The van der Waals surface area contributed by atoms with Crippen LogP contribution in [0.4, 0.5) is 5.69 Å². The van der Waals surface area contributed by atoms with Crippen LogP contribution < -0.4 is 10.1 Å². The summed E-state index contributed by atoms with van der Waals surface area (Å²) in [5, 5.41) is 2.67. The molecule has 6 heteroatoms. The van der Waals surface area contributed by atoms with E-state index >= 15 is 0 Å². The van der Waals surface area contributed by atoms with Crippen molar-refractivity contribution in [2.75, 3.05) is 12.4 Å². The van der Waals surface area contributed by atoms with Crippen molar-refractivity contribution in [3.8, 4) is 5.75 Å². The van der Waals surface area contributed by atoms with E-state index in [1.165, 1.54) is 13.0 Å². The monoisotopic (exact) mass is 403 g/mol. The minimum atomic E-state index is -1.06. The maximum Gasteiger partial charge on any atom is 0.339 e. The van der Waals surface area contributed by atoms with Gasteiger partial charge in [-0.1, -0.05) is 48.5 Å². The number of carbonyl (C=O) groups is 3. The van der Waals surface area contributed by atoms with Crippen LogP contribution in [0, 0.1) is 0 Å². The second-order valence-electron chi connectivity index (χ2n) is 6.51. The normalized spacial score (nSPS) is 11.3. The van der Waals surface area contributed by atoms with Crippen molar-refractivity contribution in [1.82, 2.24) is 0 Å². The maximum absolute atomic E-state index is 12.8. The number of nitrogens with one attached hydrogen (secondary N) is 1. The summed E-state index contributed by atoms with van der Waals surface area (Å²) in [6.45, 7) is 1.47. The molecule has 3 aromatic carbocycles. The lowest BCUT2D eigenvalue weighted by atomic mass is 9.98. The second kappa shape index (κ2) is 9.52. The van der Waals surface area contributed by atoms with Gasteiger partial charge in [0.1, 0.15) is 5.75 Å². The van der Waals surface area contributed by atoms with Gasteiger partial charge in [-0.05, 0) is 37.3 Å². The van der Waals surface area contributed by atoms with Gasteiger partial charge in [-0.25, -0.2) is 4.79 Å². The zero-order valence-corrected chi connectivity index (χ0v) is 16.6.